The summed E-state index contributed by atoms with van der Waals surface area (Å²) in [6, 6.07) is 16.7. The highest BCUT2D eigenvalue weighted by atomic mass is 19.1. The first-order valence-corrected chi connectivity index (χ1v) is 10.1. The summed E-state index contributed by atoms with van der Waals surface area (Å²) < 4.78 is 21.3. The molecular weight excluding hydrogens is 381 g/mol. The minimum Gasteiger partial charge on any atom is -0.489 e. The van der Waals surface area contributed by atoms with Crippen molar-refractivity contribution >= 4 is 5.96 Å². The molecule has 0 fully saturated rings. The number of rotatable bonds is 9. The van der Waals surface area contributed by atoms with Gasteiger partial charge in [0, 0.05) is 32.5 Å². The van der Waals surface area contributed by atoms with Crippen molar-refractivity contribution in [2.45, 2.75) is 20.0 Å². The van der Waals surface area contributed by atoms with E-state index in [0.29, 0.717) is 19.7 Å². The predicted octanol–water partition coefficient (Wildman–Crippen LogP) is 3.55. The van der Waals surface area contributed by atoms with Gasteiger partial charge in [-0.2, -0.15) is 0 Å². The summed E-state index contributed by atoms with van der Waals surface area (Å²) in [5.41, 5.74) is 1.22. The molecule has 3 aromatic rings. The highest BCUT2D eigenvalue weighted by molar-refractivity contribution is 5.79. The number of guanidine groups is 1. The molecule has 6 nitrogen and oxygen atoms in total. The SMILES string of the molecule is CCNC(=NCc1nccn1Cc1ccccc1)N(C)CCOc1ccccc1F. The highest BCUT2D eigenvalue weighted by Gasteiger charge is 2.09. The Kier molecular flexibility index (Phi) is 7.83. The van der Waals surface area contributed by atoms with Crippen LogP contribution in [0, 0.1) is 5.82 Å². The molecule has 0 amide bonds. The molecule has 1 aromatic heterocycles. The number of hydrogen-bond donors (Lipinski definition) is 1. The van der Waals surface area contributed by atoms with Crippen LogP contribution in [0.5, 0.6) is 5.75 Å². The summed E-state index contributed by atoms with van der Waals surface area (Å²) in [6.07, 6.45) is 3.77. The Balaban J connectivity index is 1.59. The minimum atomic E-state index is -0.356. The Bertz CT molecular complexity index is 942. The molecule has 0 radical (unpaired) electrons. The lowest BCUT2D eigenvalue weighted by Crippen LogP contribution is -2.41. The molecule has 1 heterocycles. The zero-order chi connectivity index (χ0) is 21.2. The van der Waals surface area contributed by atoms with E-state index in [9.17, 15) is 4.39 Å². The average molecular weight is 410 g/mol. The molecule has 0 spiro atoms. The van der Waals surface area contributed by atoms with Gasteiger partial charge < -0.3 is 19.5 Å². The Hall–Kier alpha value is -3.35. The summed E-state index contributed by atoms with van der Waals surface area (Å²) in [7, 11) is 1.93. The van der Waals surface area contributed by atoms with Crippen molar-refractivity contribution in [3.63, 3.8) is 0 Å². The monoisotopic (exact) mass is 409 g/mol. The van der Waals surface area contributed by atoms with E-state index >= 15 is 0 Å². The van der Waals surface area contributed by atoms with Crippen molar-refractivity contribution < 1.29 is 9.13 Å². The fourth-order valence-electron chi connectivity index (χ4n) is 2.99. The lowest BCUT2D eigenvalue weighted by Gasteiger charge is -2.22. The van der Waals surface area contributed by atoms with Gasteiger partial charge in [0.05, 0.1) is 6.54 Å². The number of nitrogens with one attached hydrogen (secondary N) is 1. The second-order valence-electron chi connectivity index (χ2n) is 6.83. The molecule has 3 rings (SSSR count). The van der Waals surface area contributed by atoms with Gasteiger partial charge in [-0.15, -0.1) is 0 Å². The number of hydrogen-bond acceptors (Lipinski definition) is 3. The van der Waals surface area contributed by atoms with E-state index in [1.165, 1.54) is 11.6 Å². The van der Waals surface area contributed by atoms with Crippen LogP contribution in [0.25, 0.3) is 0 Å². The molecule has 0 bridgehead atoms. The maximum Gasteiger partial charge on any atom is 0.194 e. The van der Waals surface area contributed by atoms with Crippen LogP contribution in [-0.2, 0) is 13.1 Å². The van der Waals surface area contributed by atoms with E-state index in [1.54, 1.807) is 24.4 Å². The average Bonchev–Trinajstić information content (AvgIpc) is 3.20. The van der Waals surface area contributed by atoms with Crippen molar-refractivity contribution in [3.05, 3.63) is 84.2 Å². The van der Waals surface area contributed by atoms with Gasteiger partial charge in [-0.25, -0.2) is 14.4 Å². The number of aliphatic imine (C=N–C) groups is 1. The van der Waals surface area contributed by atoms with Gasteiger partial charge in [0.1, 0.15) is 19.0 Å². The molecule has 0 atom stereocenters. The number of halogens is 1. The third-order valence-corrected chi connectivity index (χ3v) is 4.59. The molecule has 0 aliphatic carbocycles. The molecule has 30 heavy (non-hydrogen) atoms. The van der Waals surface area contributed by atoms with Crippen LogP contribution in [0.1, 0.15) is 18.3 Å². The van der Waals surface area contributed by atoms with E-state index in [0.717, 1.165) is 24.9 Å². The van der Waals surface area contributed by atoms with Crippen LogP contribution in [0.15, 0.2) is 72.0 Å². The van der Waals surface area contributed by atoms with E-state index in [-0.39, 0.29) is 11.6 Å². The Morgan fingerprint density at radius 3 is 2.70 bits per heavy atom. The van der Waals surface area contributed by atoms with Crippen molar-refractivity contribution in [2.75, 3.05) is 26.7 Å². The van der Waals surface area contributed by atoms with Gasteiger partial charge in [0.15, 0.2) is 17.5 Å². The third kappa shape index (κ3) is 6.07. The number of ether oxygens (including phenoxy) is 1. The number of likely N-dealkylation sites (N-methyl/N-ethyl adjacent to an activating group) is 1. The van der Waals surface area contributed by atoms with Gasteiger partial charge in [-0.1, -0.05) is 42.5 Å². The molecular formula is C23H28FN5O. The number of nitrogens with zero attached hydrogens (tertiary/aromatic N) is 4. The number of imidazole rings is 1. The molecule has 0 saturated heterocycles. The summed E-state index contributed by atoms with van der Waals surface area (Å²) in [4.78, 5) is 11.1. The van der Waals surface area contributed by atoms with Crippen molar-refractivity contribution in [2.24, 2.45) is 4.99 Å². The van der Waals surface area contributed by atoms with Crippen LogP contribution in [0.3, 0.4) is 0 Å². The molecule has 0 unspecified atom stereocenters. The van der Waals surface area contributed by atoms with E-state index in [4.69, 9.17) is 9.73 Å². The van der Waals surface area contributed by atoms with Gasteiger partial charge in [0.2, 0.25) is 0 Å². The summed E-state index contributed by atoms with van der Waals surface area (Å²) in [5, 5.41) is 3.28. The Morgan fingerprint density at radius 1 is 1.17 bits per heavy atom. The first kappa shape index (κ1) is 21.4. The molecule has 0 aliphatic heterocycles. The van der Waals surface area contributed by atoms with E-state index < -0.39 is 0 Å². The number of benzene rings is 2. The second-order valence-corrected chi connectivity index (χ2v) is 6.83. The molecule has 2 aromatic carbocycles. The van der Waals surface area contributed by atoms with Crippen LogP contribution < -0.4 is 10.1 Å². The minimum absolute atomic E-state index is 0.260. The zero-order valence-corrected chi connectivity index (χ0v) is 17.5. The summed E-state index contributed by atoms with van der Waals surface area (Å²) in [6.45, 7) is 4.91. The fourth-order valence-corrected chi connectivity index (χ4v) is 2.99. The van der Waals surface area contributed by atoms with Crippen LogP contribution in [-0.4, -0.2) is 47.2 Å². The summed E-state index contributed by atoms with van der Waals surface area (Å²) in [5.74, 6) is 1.55. The topological polar surface area (TPSA) is 54.7 Å². The van der Waals surface area contributed by atoms with Gasteiger partial charge in [-0.3, -0.25) is 0 Å². The fraction of sp³-hybridized carbons (Fsp3) is 0.304. The van der Waals surface area contributed by atoms with Crippen LogP contribution >= 0.6 is 0 Å². The Morgan fingerprint density at radius 2 is 1.93 bits per heavy atom. The van der Waals surface area contributed by atoms with Crippen LogP contribution in [0.2, 0.25) is 0 Å². The van der Waals surface area contributed by atoms with Gasteiger partial charge >= 0.3 is 0 Å². The number of aromatic nitrogens is 2. The lowest BCUT2D eigenvalue weighted by atomic mass is 10.2. The van der Waals surface area contributed by atoms with Crippen molar-refractivity contribution in [3.8, 4) is 5.75 Å². The quantitative estimate of drug-likeness (QED) is 0.434. The van der Waals surface area contributed by atoms with Crippen molar-refractivity contribution in [1.82, 2.24) is 19.8 Å². The zero-order valence-electron chi connectivity index (χ0n) is 17.5. The third-order valence-electron chi connectivity index (χ3n) is 4.59. The van der Waals surface area contributed by atoms with Crippen LogP contribution in [0.4, 0.5) is 4.39 Å². The Labute approximate surface area is 177 Å². The largest absolute Gasteiger partial charge is 0.489 e. The predicted molar refractivity (Wildman–Crippen MR) is 117 cm³/mol. The van der Waals surface area contributed by atoms with Crippen molar-refractivity contribution in [1.29, 1.82) is 0 Å². The van der Waals surface area contributed by atoms with E-state index in [2.05, 4.69) is 27.0 Å². The normalized spacial score (nSPS) is 11.4. The maximum absolute atomic E-state index is 13.7. The first-order chi connectivity index (χ1) is 14.7. The molecule has 1 N–H and O–H groups in total. The maximum atomic E-state index is 13.7. The molecule has 7 heteroatoms. The van der Waals surface area contributed by atoms with Gasteiger partial charge in [0.25, 0.3) is 0 Å². The first-order valence-electron chi connectivity index (χ1n) is 10.1. The lowest BCUT2D eigenvalue weighted by molar-refractivity contribution is 0.270. The van der Waals surface area contributed by atoms with E-state index in [1.807, 2.05) is 43.3 Å². The summed E-state index contributed by atoms with van der Waals surface area (Å²) >= 11 is 0. The number of para-hydroxylation sites is 1. The highest BCUT2D eigenvalue weighted by Crippen LogP contribution is 2.15. The molecule has 0 saturated carbocycles. The van der Waals surface area contributed by atoms with Gasteiger partial charge in [-0.05, 0) is 24.6 Å². The molecule has 158 valence electrons. The standard InChI is InChI=1S/C23H28FN5O/c1-3-25-23(28(2)15-16-30-21-12-8-7-11-20(21)24)27-17-22-26-13-14-29(22)18-19-9-5-4-6-10-19/h4-14H,3,15-18H2,1-2H3,(H,25,27). The smallest absolute Gasteiger partial charge is 0.194 e. The molecule has 0 aliphatic rings. The second kappa shape index (κ2) is 11.0.